The lowest BCUT2D eigenvalue weighted by atomic mass is 10.0. The van der Waals surface area contributed by atoms with Crippen LogP contribution in [0.3, 0.4) is 0 Å². The van der Waals surface area contributed by atoms with Gasteiger partial charge in [-0.2, -0.15) is 4.68 Å². The first kappa shape index (κ1) is 15.9. The monoisotopic (exact) mass is 339 g/mol. The Morgan fingerprint density at radius 1 is 1.08 bits per heavy atom. The number of hydrogen-bond donors (Lipinski definition) is 1. The molecule has 0 unspecified atom stereocenters. The van der Waals surface area contributed by atoms with Crippen LogP contribution in [0.25, 0.3) is 5.69 Å². The van der Waals surface area contributed by atoms with Crippen molar-refractivity contribution in [3.8, 4) is 5.69 Å². The van der Waals surface area contributed by atoms with E-state index < -0.39 is 6.10 Å². The molecular formula is C18H18FN5O. The summed E-state index contributed by atoms with van der Waals surface area (Å²) >= 11 is 0. The number of halogens is 1. The van der Waals surface area contributed by atoms with Gasteiger partial charge in [-0.3, -0.25) is 4.90 Å². The van der Waals surface area contributed by atoms with Gasteiger partial charge in [0.15, 0.2) is 5.82 Å². The molecule has 1 aliphatic rings. The number of rotatable bonds is 4. The zero-order chi connectivity index (χ0) is 17.2. The lowest BCUT2D eigenvalue weighted by Gasteiger charge is -2.23. The van der Waals surface area contributed by atoms with Crippen LogP contribution < -0.4 is 0 Å². The number of benzene rings is 2. The lowest BCUT2D eigenvalue weighted by Crippen LogP contribution is -2.26. The van der Waals surface area contributed by atoms with Crippen LogP contribution in [0.1, 0.15) is 23.9 Å². The molecule has 7 heteroatoms. The number of hydrogen-bond acceptors (Lipinski definition) is 5. The molecule has 1 N–H and O–H groups in total. The average Bonchev–Trinajstić information content (AvgIpc) is 3.23. The maximum absolute atomic E-state index is 13.2. The minimum absolute atomic E-state index is 0.0107. The average molecular weight is 339 g/mol. The van der Waals surface area contributed by atoms with Crippen molar-refractivity contribution in [2.24, 2.45) is 0 Å². The summed E-state index contributed by atoms with van der Waals surface area (Å²) in [7, 11) is 0. The van der Waals surface area contributed by atoms with Gasteiger partial charge in [0.1, 0.15) is 5.82 Å². The minimum Gasteiger partial charge on any atom is -0.392 e. The third-order valence-electron chi connectivity index (χ3n) is 4.52. The summed E-state index contributed by atoms with van der Waals surface area (Å²) in [5, 5.41) is 22.1. The zero-order valence-corrected chi connectivity index (χ0v) is 13.5. The van der Waals surface area contributed by atoms with E-state index in [1.165, 1.54) is 12.1 Å². The summed E-state index contributed by atoms with van der Waals surface area (Å²) in [4.78, 5) is 2.13. The highest BCUT2D eigenvalue weighted by molar-refractivity contribution is 5.30. The number of β-amino-alcohol motifs (C(OH)–C–C–N with tert-alkyl or cyclic N) is 1. The second-order valence-electron chi connectivity index (χ2n) is 6.23. The number of nitrogens with zero attached hydrogens (tertiary/aromatic N) is 5. The molecule has 25 heavy (non-hydrogen) atoms. The fourth-order valence-electron chi connectivity index (χ4n) is 3.34. The van der Waals surface area contributed by atoms with Crippen molar-refractivity contribution in [1.29, 1.82) is 0 Å². The minimum atomic E-state index is -0.420. The quantitative estimate of drug-likeness (QED) is 0.788. The summed E-state index contributed by atoms with van der Waals surface area (Å²) in [5.74, 6) is 0.439. The van der Waals surface area contributed by atoms with E-state index in [1.807, 2.05) is 30.3 Å². The predicted octanol–water partition coefficient (Wildman–Crippen LogP) is 2.11. The third kappa shape index (κ3) is 3.29. The van der Waals surface area contributed by atoms with Crippen molar-refractivity contribution in [3.05, 3.63) is 71.8 Å². The van der Waals surface area contributed by atoms with Crippen molar-refractivity contribution < 1.29 is 9.50 Å². The van der Waals surface area contributed by atoms with Gasteiger partial charge in [0.05, 0.1) is 18.3 Å². The molecule has 0 amide bonds. The van der Waals surface area contributed by atoms with Gasteiger partial charge >= 0.3 is 0 Å². The fraction of sp³-hybridized carbons (Fsp3) is 0.278. The summed E-state index contributed by atoms with van der Waals surface area (Å²) in [5.41, 5.74) is 1.87. The van der Waals surface area contributed by atoms with E-state index in [0.29, 0.717) is 25.3 Å². The molecule has 1 aromatic heterocycles. The van der Waals surface area contributed by atoms with Gasteiger partial charge in [0.2, 0.25) is 0 Å². The van der Waals surface area contributed by atoms with Gasteiger partial charge in [-0.15, -0.1) is 5.10 Å². The number of tetrazole rings is 1. The maximum atomic E-state index is 13.2. The second kappa shape index (κ2) is 6.70. The number of aliphatic hydroxyl groups is 1. The van der Waals surface area contributed by atoms with Crippen molar-refractivity contribution in [3.63, 3.8) is 0 Å². The highest BCUT2D eigenvalue weighted by atomic mass is 19.1. The summed E-state index contributed by atoms with van der Waals surface area (Å²) in [6.45, 7) is 1.03. The first-order chi connectivity index (χ1) is 12.2. The number of aliphatic hydroxyl groups excluding tert-OH is 1. The van der Waals surface area contributed by atoms with Crippen LogP contribution in [-0.4, -0.2) is 42.9 Å². The molecule has 3 aromatic rings. The normalized spacial score (nSPS) is 20.9. The van der Waals surface area contributed by atoms with Crippen LogP contribution in [0, 0.1) is 5.82 Å². The molecule has 1 saturated heterocycles. The van der Waals surface area contributed by atoms with Gasteiger partial charge in [-0.05, 0) is 46.7 Å². The third-order valence-corrected chi connectivity index (χ3v) is 4.52. The zero-order valence-electron chi connectivity index (χ0n) is 13.5. The second-order valence-corrected chi connectivity index (χ2v) is 6.23. The molecule has 1 aliphatic heterocycles. The molecule has 1 fully saturated rings. The molecule has 0 spiro atoms. The van der Waals surface area contributed by atoms with Crippen molar-refractivity contribution in [1.82, 2.24) is 25.1 Å². The van der Waals surface area contributed by atoms with Gasteiger partial charge in [0.25, 0.3) is 0 Å². The Hall–Kier alpha value is -2.64. The van der Waals surface area contributed by atoms with Crippen LogP contribution in [0.5, 0.6) is 0 Å². The molecular weight excluding hydrogens is 321 g/mol. The summed E-state index contributed by atoms with van der Waals surface area (Å²) in [6.07, 6.45) is 0.189. The van der Waals surface area contributed by atoms with Crippen LogP contribution in [0.4, 0.5) is 4.39 Å². The molecule has 6 nitrogen and oxygen atoms in total. The molecule has 4 rings (SSSR count). The maximum Gasteiger partial charge on any atom is 0.170 e. The Balaban J connectivity index is 1.59. The molecule has 2 aromatic carbocycles. The Labute approximate surface area is 144 Å². The first-order valence-corrected chi connectivity index (χ1v) is 8.21. The first-order valence-electron chi connectivity index (χ1n) is 8.21. The fourth-order valence-corrected chi connectivity index (χ4v) is 3.34. The molecule has 0 saturated carbocycles. The largest absolute Gasteiger partial charge is 0.392 e. The van der Waals surface area contributed by atoms with Gasteiger partial charge < -0.3 is 5.11 Å². The molecule has 0 radical (unpaired) electrons. The number of aromatic nitrogens is 4. The summed E-state index contributed by atoms with van der Waals surface area (Å²) in [6, 6.07) is 16.1. The van der Waals surface area contributed by atoms with E-state index in [0.717, 1.165) is 11.3 Å². The number of likely N-dealkylation sites (tertiary alicyclic amines) is 1. The highest BCUT2D eigenvalue weighted by Gasteiger charge is 2.33. The Bertz CT molecular complexity index is 836. The molecule has 0 bridgehead atoms. The van der Waals surface area contributed by atoms with E-state index >= 15 is 0 Å². The van der Waals surface area contributed by atoms with Gasteiger partial charge in [-0.25, -0.2) is 4.39 Å². The van der Waals surface area contributed by atoms with Gasteiger partial charge in [-0.1, -0.05) is 30.3 Å². The smallest absolute Gasteiger partial charge is 0.170 e. The van der Waals surface area contributed by atoms with E-state index in [2.05, 4.69) is 20.4 Å². The van der Waals surface area contributed by atoms with Gasteiger partial charge in [0, 0.05) is 12.6 Å². The standard InChI is InChI=1S/C18H18FN5O/c19-14-8-6-13(7-9-14)17-10-16(25)11-23(17)12-18-20-21-22-24(18)15-4-2-1-3-5-15/h1-9,16-17,25H,10-12H2/t16-,17-/m0/s1. The van der Waals surface area contributed by atoms with Crippen molar-refractivity contribution in [2.75, 3.05) is 6.54 Å². The van der Waals surface area contributed by atoms with Crippen molar-refractivity contribution in [2.45, 2.75) is 25.1 Å². The van der Waals surface area contributed by atoms with Crippen LogP contribution in [0.15, 0.2) is 54.6 Å². The molecule has 2 atom stereocenters. The predicted molar refractivity (Wildman–Crippen MR) is 89.3 cm³/mol. The topological polar surface area (TPSA) is 67.1 Å². The molecule has 0 aliphatic carbocycles. The van der Waals surface area contributed by atoms with Crippen LogP contribution in [-0.2, 0) is 6.54 Å². The van der Waals surface area contributed by atoms with Crippen LogP contribution in [0.2, 0.25) is 0 Å². The SMILES string of the molecule is O[C@H]1C[C@@H](c2ccc(F)cc2)N(Cc2nnnn2-c2ccccc2)C1. The van der Waals surface area contributed by atoms with E-state index in [4.69, 9.17) is 0 Å². The summed E-state index contributed by atoms with van der Waals surface area (Å²) < 4.78 is 14.9. The lowest BCUT2D eigenvalue weighted by molar-refractivity contribution is 0.171. The van der Waals surface area contributed by atoms with E-state index in [-0.39, 0.29) is 11.9 Å². The molecule has 2 heterocycles. The van der Waals surface area contributed by atoms with E-state index in [9.17, 15) is 9.50 Å². The van der Waals surface area contributed by atoms with Crippen molar-refractivity contribution >= 4 is 0 Å². The highest BCUT2D eigenvalue weighted by Crippen LogP contribution is 2.33. The van der Waals surface area contributed by atoms with E-state index in [1.54, 1.807) is 16.8 Å². The number of para-hydroxylation sites is 1. The Kier molecular flexibility index (Phi) is 4.25. The Morgan fingerprint density at radius 2 is 1.84 bits per heavy atom. The Morgan fingerprint density at radius 3 is 2.60 bits per heavy atom. The molecule has 128 valence electrons. The van der Waals surface area contributed by atoms with Crippen LogP contribution >= 0.6 is 0 Å².